The summed E-state index contributed by atoms with van der Waals surface area (Å²) in [5.74, 6) is 0. The van der Waals surface area contributed by atoms with Crippen LogP contribution in [0.2, 0.25) is 0 Å². The van der Waals surface area contributed by atoms with Crippen molar-refractivity contribution in [2.24, 2.45) is 68.8 Å². The van der Waals surface area contributed by atoms with Gasteiger partial charge in [0.1, 0.15) is 0 Å². The van der Waals surface area contributed by atoms with Crippen molar-refractivity contribution in [2.45, 2.75) is 0 Å². The number of amides is 12. The zero-order valence-electron chi connectivity index (χ0n) is 16.1. The molecule has 0 fully saturated rings. The molecule has 0 atom stereocenters. The van der Waals surface area contributed by atoms with Crippen molar-refractivity contribution in [2.75, 3.05) is 0 Å². The van der Waals surface area contributed by atoms with Crippen molar-refractivity contribution >= 4 is 101 Å². The van der Waals surface area contributed by atoms with Crippen LogP contribution in [0, 0.1) is 0 Å². The van der Waals surface area contributed by atoms with E-state index < -0.39 is 46.6 Å². The molecule has 198 valence electrons. The van der Waals surface area contributed by atoms with Gasteiger partial charge in [0, 0.05) is 10.4 Å². The number of halogens is 3. The molecular weight excluding hydrogens is 840 g/mol. The van der Waals surface area contributed by atoms with Gasteiger partial charge in [0.25, 0.3) is 0 Å². The number of primary amides is 12. The molecule has 27 heteroatoms. The van der Waals surface area contributed by atoms with Gasteiger partial charge in [0.15, 0.2) is 0 Å². The Morgan fingerprint density at radius 3 is 0.485 bits per heavy atom. The topological polar surface area (TPSA) is 495 Å². The molecule has 0 radical (unpaired) electrons. The second kappa shape index (κ2) is 47.8. The van der Waals surface area contributed by atoms with Crippen LogP contribution in [-0.2, 0) is 10.4 Å². The molecule has 0 unspecified atom stereocenters. The molecule has 22 nitrogen and oxygen atoms in total. The summed E-state index contributed by atoms with van der Waals surface area (Å²) < 4.78 is 34.1. The van der Waals surface area contributed by atoms with Gasteiger partial charge in [-0.1, -0.05) is 0 Å². The Kier molecular flexibility index (Phi) is 83.7. The zero-order chi connectivity index (χ0) is 28.7. The first-order valence-corrected chi connectivity index (χ1v) is 19.5. The van der Waals surface area contributed by atoms with Gasteiger partial charge in [-0.2, -0.15) is 0 Å². The number of rotatable bonds is 0. The van der Waals surface area contributed by atoms with E-state index in [4.69, 9.17) is 46.3 Å². The normalized spacial score (nSPS) is 6.79. The van der Waals surface area contributed by atoms with Crippen LogP contribution in [0.25, 0.3) is 0 Å². The SMILES string of the molecule is I[I-]I.NC(N)=O.NC(N)=O.NC(N)=O.NC(N)=O.NC(N)=O.NC(N)=O.O=S(=O)([O-])[O-].[Al+3]. The number of hydrogen-bond donors (Lipinski definition) is 12. The van der Waals surface area contributed by atoms with Gasteiger partial charge in [-0.05, 0) is 0 Å². The third-order valence-electron chi connectivity index (χ3n) is 0. The molecule has 0 heterocycles. The molecule has 0 aliphatic carbocycles. The van der Waals surface area contributed by atoms with Crippen molar-refractivity contribution in [1.29, 1.82) is 0 Å². The first kappa shape index (κ1) is 57.7. The molecular formula is C6H24AlI3N12O10S. The molecule has 0 bridgehead atoms. The maximum absolute atomic E-state index is 9.00. The van der Waals surface area contributed by atoms with E-state index in [0.717, 1.165) is 0 Å². The Morgan fingerprint density at radius 1 is 0.485 bits per heavy atom. The summed E-state index contributed by atoms with van der Waals surface area (Å²) >= 11 is 5.30. The largest absolute Gasteiger partial charge is 3.00 e. The number of carbonyl (C=O) groups is 6. The average Bonchev–Trinajstić information content (AvgIpc) is 2.31. The number of urea groups is 6. The average molecular weight is 864 g/mol. The van der Waals surface area contributed by atoms with Crippen molar-refractivity contribution in [3.05, 3.63) is 0 Å². The molecule has 33 heavy (non-hydrogen) atoms. The van der Waals surface area contributed by atoms with Gasteiger partial charge in [-0.15, -0.1) is 0 Å². The fraction of sp³-hybridized carbons (Fsp3) is 0. The Morgan fingerprint density at radius 2 is 0.485 bits per heavy atom. The third kappa shape index (κ3) is 7530. The standard InChI is InChI=1S/6CH4N2O.Al.I3.H2O4S/c6*2-1(3)4;;1-3-2;1-5(2,3)4/h6*(H4,2,3,4);;;(H2,1,2,3,4)/q;;;;;;+3;-1;/p-2. The van der Waals surface area contributed by atoms with E-state index in [9.17, 15) is 0 Å². The van der Waals surface area contributed by atoms with Crippen LogP contribution in [0.1, 0.15) is 0 Å². The van der Waals surface area contributed by atoms with E-state index in [1.807, 2.05) is 0 Å². The second-order valence-corrected chi connectivity index (χ2v) is 19.9. The summed E-state index contributed by atoms with van der Waals surface area (Å²) in [4.78, 5) is 54.0. The van der Waals surface area contributed by atoms with E-state index in [-0.39, 0.29) is 17.4 Å². The fourth-order valence-electron chi connectivity index (χ4n) is 0. The van der Waals surface area contributed by atoms with Crippen molar-refractivity contribution in [1.82, 2.24) is 0 Å². The molecule has 0 aliphatic rings. The maximum atomic E-state index is 9.00. The Hall–Kier alpha value is -1.79. The molecule has 0 saturated heterocycles. The number of nitrogens with two attached hydrogens (primary N) is 12. The van der Waals surface area contributed by atoms with Crippen LogP contribution in [0.3, 0.4) is 0 Å². The summed E-state index contributed by atoms with van der Waals surface area (Å²) in [6.45, 7) is 0. The van der Waals surface area contributed by atoms with Gasteiger partial charge in [-0.3, -0.25) is 8.42 Å². The van der Waals surface area contributed by atoms with E-state index >= 15 is 0 Å². The van der Waals surface area contributed by atoms with E-state index in [2.05, 4.69) is 106 Å². The summed E-state index contributed by atoms with van der Waals surface area (Å²) in [6, 6.07) is -5.00. The Bertz CT molecular complexity index is 488. The minimum atomic E-state index is -5.17. The minimum Gasteiger partial charge on any atom is -0.759 e. The molecule has 0 aromatic rings. The van der Waals surface area contributed by atoms with Gasteiger partial charge < -0.3 is 77.9 Å². The first-order chi connectivity index (χ1) is 13.8. The first-order valence-electron chi connectivity index (χ1n) is 5.64. The van der Waals surface area contributed by atoms with Crippen molar-refractivity contribution in [3.8, 4) is 0 Å². The summed E-state index contributed by atoms with van der Waals surface area (Å²) in [5, 5.41) is 0. The van der Waals surface area contributed by atoms with Crippen LogP contribution < -0.4 is 82.1 Å². The smallest absolute Gasteiger partial charge is 0.759 e. The third-order valence-corrected chi connectivity index (χ3v) is 0. The van der Waals surface area contributed by atoms with Crippen LogP contribution in [0.5, 0.6) is 0 Å². The second-order valence-electron chi connectivity index (χ2n) is 2.88. The zero-order valence-corrected chi connectivity index (χ0v) is 24.6. The predicted molar refractivity (Wildman–Crippen MR) is 127 cm³/mol. The Balaban J connectivity index is -0.0000000285. The Labute approximate surface area is 227 Å². The van der Waals surface area contributed by atoms with Gasteiger partial charge in [0.05, 0.1) is 0 Å². The van der Waals surface area contributed by atoms with Crippen LogP contribution in [0.4, 0.5) is 28.8 Å². The van der Waals surface area contributed by atoms with Crippen LogP contribution >= 0.6 is 37.2 Å². The quantitative estimate of drug-likeness (QED) is 0.0472. The van der Waals surface area contributed by atoms with Crippen molar-refractivity contribution < 1.29 is 59.5 Å². The van der Waals surface area contributed by atoms with Gasteiger partial charge >= 0.3 is 104 Å². The van der Waals surface area contributed by atoms with Crippen LogP contribution in [0.15, 0.2) is 0 Å². The molecule has 12 amide bonds. The molecule has 0 rings (SSSR count). The summed E-state index contributed by atoms with van der Waals surface area (Å²) in [7, 11) is -5.17. The molecule has 0 spiro atoms. The molecule has 0 aliphatic heterocycles. The van der Waals surface area contributed by atoms with Crippen molar-refractivity contribution in [3.63, 3.8) is 0 Å². The monoisotopic (exact) mass is 864 g/mol. The summed E-state index contributed by atoms with van der Waals surface area (Å²) in [6.07, 6.45) is 0. The van der Waals surface area contributed by atoms with E-state index in [1.165, 1.54) is 0 Å². The number of carbonyl (C=O) groups excluding carboxylic acids is 6. The predicted octanol–water partition coefficient (Wildman–Crippen LogP) is -8.80. The molecule has 0 saturated carbocycles. The fourth-order valence-corrected chi connectivity index (χ4v) is 0. The van der Waals surface area contributed by atoms with E-state index in [0.29, 0.717) is 13.3 Å². The van der Waals surface area contributed by atoms with Gasteiger partial charge in [-0.25, -0.2) is 28.8 Å². The molecule has 0 aromatic carbocycles. The maximum Gasteiger partial charge on any atom is 3.00 e. The summed E-state index contributed by atoms with van der Waals surface area (Å²) in [5.41, 5.74) is 51.0. The van der Waals surface area contributed by atoms with E-state index in [1.54, 1.807) is 0 Å². The van der Waals surface area contributed by atoms with Crippen LogP contribution in [-0.4, -0.2) is 71.1 Å². The molecule has 0 aromatic heterocycles. The van der Waals surface area contributed by atoms with Gasteiger partial charge in [0.2, 0.25) is 0 Å². The minimum absolute atomic E-state index is 0. The number of hydrogen-bond acceptors (Lipinski definition) is 10. The molecule has 24 N–H and O–H groups in total.